The number of nitrogens with one attached hydrogen (secondary N) is 1. The number of para-hydroxylation sites is 1. The number of anilines is 1. The van der Waals surface area contributed by atoms with Crippen LogP contribution in [0, 0.1) is 0 Å². The van der Waals surface area contributed by atoms with E-state index in [0.717, 1.165) is 13.0 Å². The molecule has 5 nitrogen and oxygen atoms in total. The van der Waals surface area contributed by atoms with Crippen molar-refractivity contribution >= 4 is 23.5 Å². The molecular formula is C19H21FN4O. The number of rotatable bonds is 4. The summed E-state index contributed by atoms with van der Waals surface area (Å²) in [6.07, 6.45) is 2.93. The van der Waals surface area contributed by atoms with Crippen molar-refractivity contribution in [3.05, 3.63) is 59.2 Å². The molecule has 2 aromatic rings. The summed E-state index contributed by atoms with van der Waals surface area (Å²) in [5, 5.41) is 3.10. The second-order valence-electron chi connectivity index (χ2n) is 6.22. The van der Waals surface area contributed by atoms with Gasteiger partial charge in [0.05, 0.1) is 16.9 Å². The number of nitrogens with zero attached hydrogens (tertiary/aromatic N) is 1. The summed E-state index contributed by atoms with van der Waals surface area (Å²) >= 11 is 0. The summed E-state index contributed by atoms with van der Waals surface area (Å²) in [6, 6.07) is 12.1. The monoisotopic (exact) mass is 340 g/mol. The maximum absolute atomic E-state index is 14.9. The van der Waals surface area contributed by atoms with Gasteiger partial charge in [-0.05, 0) is 43.1 Å². The van der Waals surface area contributed by atoms with Crippen LogP contribution in [0.4, 0.5) is 15.8 Å². The largest absolute Gasteiger partial charge is 0.398 e. The minimum absolute atomic E-state index is 0.267. The van der Waals surface area contributed by atoms with Crippen molar-refractivity contribution in [2.45, 2.75) is 18.5 Å². The minimum Gasteiger partial charge on any atom is -0.398 e. The number of primary amides is 1. The Morgan fingerprint density at radius 2 is 2.00 bits per heavy atom. The quantitative estimate of drug-likeness (QED) is 0.590. The van der Waals surface area contributed by atoms with E-state index in [1.54, 1.807) is 48.7 Å². The van der Waals surface area contributed by atoms with Gasteiger partial charge in [0.2, 0.25) is 0 Å². The molecule has 3 rings (SSSR count). The predicted molar refractivity (Wildman–Crippen MR) is 98.0 cm³/mol. The highest BCUT2D eigenvalue weighted by molar-refractivity contribution is 6.02. The molecule has 25 heavy (non-hydrogen) atoms. The van der Waals surface area contributed by atoms with Gasteiger partial charge in [-0.15, -0.1) is 0 Å². The molecule has 2 aromatic carbocycles. The van der Waals surface area contributed by atoms with Crippen molar-refractivity contribution in [1.29, 1.82) is 0 Å². The van der Waals surface area contributed by atoms with Crippen LogP contribution in [0.2, 0.25) is 0 Å². The molecule has 1 amide bonds. The molecule has 1 unspecified atom stereocenters. The molecule has 6 heteroatoms. The average molecular weight is 340 g/mol. The van der Waals surface area contributed by atoms with E-state index in [-0.39, 0.29) is 5.56 Å². The van der Waals surface area contributed by atoms with E-state index in [2.05, 4.69) is 10.3 Å². The Kier molecular flexibility index (Phi) is 4.81. The number of piperidine rings is 1. The van der Waals surface area contributed by atoms with Crippen molar-refractivity contribution in [1.82, 2.24) is 5.32 Å². The summed E-state index contributed by atoms with van der Waals surface area (Å²) in [5.74, 6) is -0.577. The topological polar surface area (TPSA) is 93.5 Å². The maximum Gasteiger partial charge on any atom is 0.250 e. The van der Waals surface area contributed by atoms with E-state index in [4.69, 9.17) is 11.5 Å². The molecule has 1 aliphatic rings. The zero-order valence-electron chi connectivity index (χ0n) is 13.8. The van der Waals surface area contributed by atoms with Gasteiger partial charge < -0.3 is 16.8 Å². The molecule has 0 spiro atoms. The Morgan fingerprint density at radius 1 is 1.24 bits per heavy atom. The fraction of sp³-hybridized carbons (Fsp3) is 0.263. The highest BCUT2D eigenvalue weighted by Crippen LogP contribution is 2.33. The number of amides is 1. The second kappa shape index (κ2) is 7.03. The first-order chi connectivity index (χ1) is 12.0. The fourth-order valence-electron chi connectivity index (χ4n) is 3.02. The molecule has 1 aliphatic heterocycles. The number of carbonyl (C=O) groups excluding carboxylic acids is 1. The van der Waals surface area contributed by atoms with Crippen LogP contribution < -0.4 is 16.8 Å². The second-order valence-corrected chi connectivity index (χ2v) is 6.22. The zero-order chi connectivity index (χ0) is 17.9. The van der Waals surface area contributed by atoms with Crippen LogP contribution in [0.5, 0.6) is 0 Å². The maximum atomic E-state index is 14.9. The number of nitrogen functional groups attached to an aromatic ring is 1. The Balaban J connectivity index is 1.79. The van der Waals surface area contributed by atoms with Crippen LogP contribution in [0.15, 0.2) is 47.5 Å². The lowest BCUT2D eigenvalue weighted by Gasteiger charge is -2.30. The number of hydrogen-bond donors (Lipinski definition) is 3. The summed E-state index contributed by atoms with van der Waals surface area (Å²) < 4.78 is 14.9. The van der Waals surface area contributed by atoms with E-state index < -0.39 is 11.6 Å². The molecule has 1 fully saturated rings. The Labute approximate surface area is 145 Å². The molecule has 5 N–H and O–H groups in total. The summed E-state index contributed by atoms with van der Waals surface area (Å²) in [4.78, 5) is 15.7. The van der Waals surface area contributed by atoms with E-state index in [9.17, 15) is 9.18 Å². The van der Waals surface area contributed by atoms with E-state index in [1.165, 1.54) is 0 Å². The molecule has 0 aromatic heterocycles. The lowest BCUT2D eigenvalue weighted by Crippen LogP contribution is -2.39. The van der Waals surface area contributed by atoms with E-state index >= 15 is 0 Å². The van der Waals surface area contributed by atoms with Crippen LogP contribution >= 0.6 is 0 Å². The van der Waals surface area contributed by atoms with Crippen molar-refractivity contribution in [2.75, 3.05) is 18.8 Å². The number of halogens is 1. The lowest BCUT2D eigenvalue weighted by atomic mass is 9.88. The van der Waals surface area contributed by atoms with Crippen molar-refractivity contribution in [3.63, 3.8) is 0 Å². The van der Waals surface area contributed by atoms with Crippen LogP contribution in [0.1, 0.15) is 34.3 Å². The van der Waals surface area contributed by atoms with E-state index in [0.29, 0.717) is 35.5 Å². The van der Waals surface area contributed by atoms with Gasteiger partial charge in [0.15, 0.2) is 0 Å². The Hall–Kier alpha value is -2.73. The van der Waals surface area contributed by atoms with Gasteiger partial charge in [0.1, 0.15) is 5.67 Å². The molecule has 0 saturated carbocycles. The zero-order valence-corrected chi connectivity index (χ0v) is 13.8. The Morgan fingerprint density at radius 3 is 2.64 bits per heavy atom. The molecule has 0 radical (unpaired) electrons. The number of carbonyl (C=O) groups is 1. The molecule has 1 heterocycles. The van der Waals surface area contributed by atoms with Gasteiger partial charge in [-0.1, -0.05) is 24.3 Å². The number of benzene rings is 2. The average Bonchev–Trinajstić information content (AvgIpc) is 2.61. The van der Waals surface area contributed by atoms with Crippen LogP contribution in [0.25, 0.3) is 0 Å². The SMILES string of the molecule is NC(=O)c1cccc(C=Nc2ccc(C3(F)CCCNC3)cc2)c1N. The molecule has 1 atom stereocenters. The van der Waals surface area contributed by atoms with Crippen molar-refractivity contribution in [2.24, 2.45) is 10.7 Å². The van der Waals surface area contributed by atoms with Crippen LogP contribution in [0.3, 0.4) is 0 Å². The smallest absolute Gasteiger partial charge is 0.250 e. The van der Waals surface area contributed by atoms with Gasteiger partial charge >= 0.3 is 0 Å². The van der Waals surface area contributed by atoms with Gasteiger partial charge in [-0.2, -0.15) is 0 Å². The highest BCUT2D eigenvalue weighted by Gasteiger charge is 2.33. The van der Waals surface area contributed by atoms with Gasteiger partial charge in [-0.25, -0.2) is 4.39 Å². The normalized spacial score (nSPS) is 20.7. The third kappa shape index (κ3) is 3.69. The lowest BCUT2D eigenvalue weighted by molar-refractivity contribution is 0.100. The van der Waals surface area contributed by atoms with E-state index in [1.807, 2.05) is 0 Å². The summed E-state index contributed by atoms with van der Waals surface area (Å²) in [7, 11) is 0. The first kappa shape index (κ1) is 17.1. The molecule has 0 bridgehead atoms. The first-order valence-electron chi connectivity index (χ1n) is 8.22. The first-order valence-corrected chi connectivity index (χ1v) is 8.22. The summed E-state index contributed by atoms with van der Waals surface area (Å²) in [6.45, 7) is 1.20. The number of aliphatic imine (C=N–C) groups is 1. The third-order valence-corrected chi connectivity index (χ3v) is 4.47. The van der Waals surface area contributed by atoms with Gasteiger partial charge in [0.25, 0.3) is 5.91 Å². The molecule has 1 saturated heterocycles. The molecule has 130 valence electrons. The standard InChI is InChI=1S/C19H21FN4O/c20-19(9-2-10-23-12-19)14-5-7-15(8-6-14)24-11-13-3-1-4-16(17(13)21)18(22)25/h1,3-8,11,23H,2,9-10,12,21H2,(H2,22,25). The Bertz CT molecular complexity index is 796. The summed E-state index contributed by atoms with van der Waals surface area (Å²) in [5.41, 5.74) is 12.4. The van der Waals surface area contributed by atoms with Crippen LogP contribution in [-0.2, 0) is 5.67 Å². The van der Waals surface area contributed by atoms with Crippen molar-refractivity contribution in [3.8, 4) is 0 Å². The number of nitrogens with two attached hydrogens (primary N) is 2. The van der Waals surface area contributed by atoms with Crippen molar-refractivity contribution < 1.29 is 9.18 Å². The van der Waals surface area contributed by atoms with Gasteiger partial charge in [-0.3, -0.25) is 9.79 Å². The number of hydrogen-bond acceptors (Lipinski definition) is 4. The number of alkyl halides is 1. The molecular weight excluding hydrogens is 319 g/mol. The molecule has 0 aliphatic carbocycles. The predicted octanol–water partition coefficient (Wildman–Crippen LogP) is 2.67. The van der Waals surface area contributed by atoms with Crippen LogP contribution in [-0.4, -0.2) is 25.2 Å². The third-order valence-electron chi connectivity index (χ3n) is 4.47. The highest BCUT2D eigenvalue weighted by atomic mass is 19.1. The van der Waals surface area contributed by atoms with Gasteiger partial charge in [0, 0.05) is 18.3 Å². The minimum atomic E-state index is -1.32. The fourth-order valence-corrected chi connectivity index (χ4v) is 3.02.